The Bertz CT molecular complexity index is 810. The second-order valence-electron chi connectivity index (χ2n) is 6.35. The third-order valence-electron chi connectivity index (χ3n) is 4.72. The van der Waals surface area contributed by atoms with Crippen LogP contribution in [0.2, 0.25) is 0 Å². The average Bonchev–Trinajstić information content (AvgIpc) is 3.13. The number of benzene rings is 1. The van der Waals surface area contributed by atoms with Gasteiger partial charge in [0.15, 0.2) is 5.76 Å². The van der Waals surface area contributed by atoms with Crippen LogP contribution in [-0.2, 0) is 13.0 Å². The van der Waals surface area contributed by atoms with E-state index in [-0.39, 0.29) is 11.9 Å². The molecule has 0 fully saturated rings. The Morgan fingerprint density at radius 2 is 2.12 bits per heavy atom. The maximum absolute atomic E-state index is 12.6. The van der Waals surface area contributed by atoms with Gasteiger partial charge < -0.3 is 9.73 Å². The minimum atomic E-state index is -0.145. The molecular formula is C19H20N2O2S. The van der Waals surface area contributed by atoms with Crippen molar-refractivity contribution >= 4 is 22.7 Å². The normalized spacial score (nSPS) is 21.8. The zero-order chi connectivity index (χ0) is 16.7. The summed E-state index contributed by atoms with van der Waals surface area (Å²) in [4.78, 5) is 17.3. The number of carbonyl (C=O) groups excluding carboxylic acids is 1. The topological polar surface area (TPSA) is 54.6 Å². The fourth-order valence-corrected chi connectivity index (χ4v) is 4.74. The molecule has 2 aliphatic rings. The molecule has 0 saturated carbocycles. The van der Waals surface area contributed by atoms with Crippen molar-refractivity contribution in [3.63, 3.8) is 0 Å². The van der Waals surface area contributed by atoms with Crippen molar-refractivity contribution in [3.8, 4) is 0 Å². The fourth-order valence-electron chi connectivity index (χ4n) is 3.57. The van der Waals surface area contributed by atoms with Crippen molar-refractivity contribution in [1.29, 1.82) is 0 Å². The lowest BCUT2D eigenvalue weighted by Crippen LogP contribution is -2.23. The average molecular weight is 340 g/mol. The molecule has 4 nitrogen and oxygen atoms in total. The van der Waals surface area contributed by atoms with E-state index in [9.17, 15) is 4.79 Å². The molecule has 2 atom stereocenters. The van der Waals surface area contributed by atoms with Crippen LogP contribution >= 0.6 is 11.8 Å². The van der Waals surface area contributed by atoms with E-state index < -0.39 is 0 Å². The maximum atomic E-state index is 12.6. The summed E-state index contributed by atoms with van der Waals surface area (Å²) in [6, 6.07) is 10.1. The molecule has 0 spiro atoms. The Hall–Kier alpha value is -2.01. The number of fused-ring (bicyclic) bond motifs is 3. The molecule has 1 aliphatic heterocycles. The highest BCUT2D eigenvalue weighted by Gasteiger charge is 2.39. The largest absolute Gasteiger partial charge is 0.455 e. The molecule has 0 radical (unpaired) electrons. The molecule has 0 bridgehead atoms. The molecule has 2 heterocycles. The minimum absolute atomic E-state index is 0.145. The Morgan fingerprint density at radius 3 is 2.92 bits per heavy atom. The van der Waals surface area contributed by atoms with Crippen molar-refractivity contribution < 1.29 is 9.21 Å². The van der Waals surface area contributed by atoms with E-state index in [0.29, 0.717) is 17.6 Å². The monoisotopic (exact) mass is 340 g/mol. The van der Waals surface area contributed by atoms with Crippen LogP contribution in [0.3, 0.4) is 0 Å². The maximum Gasteiger partial charge on any atom is 0.287 e. The van der Waals surface area contributed by atoms with Crippen LogP contribution in [0.4, 0.5) is 0 Å². The number of nitrogens with zero attached hydrogens (tertiary/aromatic N) is 1. The van der Waals surface area contributed by atoms with Gasteiger partial charge in [0.2, 0.25) is 0 Å². The molecule has 5 heteroatoms. The van der Waals surface area contributed by atoms with Crippen LogP contribution in [0, 0.1) is 6.92 Å². The lowest BCUT2D eigenvalue weighted by atomic mass is 9.90. The summed E-state index contributed by atoms with van der Waals surface area (Å²) in [5.41, 5.74) is 3.16. The van der Waals surface area contributed by atoms with Crippen molar-refractivity contribution in [3.05, 3.63) is 58.5 Å². The fraction of sp³-hybridized carbons (Fsp3) is 0.368. The summed E-state index contributed by atoms with van der Waals surface area (Å²) < 4.78 is 5.94. The molecule has 4 rings (SSSR count). The van der Waals surface area contributed by atoms with E-state index in [2.05, 4.69) is 12.2 Å². The number of furan rings is 1. The molecule has 124 valence electrons. The second kappa shape index (κ2) is 6.13. The first-order chi connectivity index (χ1) is 11.6. The molecule has 0 saturated heterocycles. The van der Waals surface area contributed by atoms with Crippen LogP contribution in [0.1, 0.15) is 52.4 Å². The zero-order valence-corrected chi connectivity index (χ0v) is 14.7. The van der Waals surface area contributed by atoms with Gasteiger partial charge in [0.05, 0.1) is 11.1 Å². The van der Waals surface area contributed by atoms with E-state index in [1.54, 1.807) is 0 Å². The lowest BCUT2D eigenvalue weighted by Gasteiger charge is -2.22. The van der Waals surface area contributed by atoms with Gasteiger partial charge in [-0.15, -0.1) is 11.8 Å². The number of aryl methyl sites for hydroxylation is 1. The highest BCUT2D eigenvalue weighted by Crippen LogP contribution is 2.47. The van der Waals surface area contributed by atoms with Crippen LogP contribution in [-0.4, -0.2) is 16.2 Å². The number of carbonyl (C=O) groups is 1. The van der Waals surface area contributed by atoms with E-state index in [1.807, 2.05) is 49.0 Å². The quantitative estimate of drug-likeness (QED) is 0.917. The second-order valence-corrected chi connectivity index (χ2v) is 7.78. The number of rotatable bonds is 3. The summed E-state index contributed by atoms with van der Waals surface area (Å²) >= 11 is 1.85. The summed E-state index contributed by atoms with van der Waals surface area (Å²) in [5.74, 6) is 1.24. The van der Waals surface area contributed by atoms with Crippen LogP contribution in [0.15, 0.2) is 39.7 Å². The Morgan fingerprint density at radius 1 is 1.33 bits per heavy atom. The Balaban J connectivity index is 1.57. The smallest absolute Gasteiger partial charge is 0.287 e. The molecule has 1 aromatic carbocycles. The molecular weight excluding hydrogens is 320 g/mol. The van der Waals surface area contributed by atoms with Gasteiger partial charge in [-0.25, -0.2) is 0 Å². The number of amides is 1. The highest BCUT2D eigenvalue weighted by atomic mass is 32.2. The first-order valence-corrected chi connectivity index (χ1v) is 9.17. The van der Waals surface area contributed by atoms with Crippen molar-refractivity contribution in [1.82, 2.24) is 5.32 Å². The molecule has 1 N–H and O–H groups in total. The SMILES string of the molecule is CC1=N[C@H]2c3c(oc(C(=O)NCc4ccccc4)c3C)CC[C@@H]2S1. The predicted molar refractivity (Wildman–Crippen MR) is 96.6 cm³/mol. The lowest BCUT2D eigenvalue weighted by molar-refractivity contribution is 0.0920. The molecule has 1 aromatic heterocycles. The van der Waals surface area contributed by atoms with E-state index in [0.717, 1.165) is 40.3 Å². The molecule has 0 unspecified atom stereocenters. The first-order valence-electron chi connectivity index (χ1n) is 8.29. The van der Waals surface area contributed by atoms with Gasteiger partial charge in [-0.1, -0.05) is 30.3 Å². The molecule has 24 heavy (non-hydrogen) atoms. The zero-order valence-electron chi connectivity index (χ0n) is 13.8. The summed E-state index contributed by atoms with van der Waals surface area (Å²) in [7, 11) is 0. The van der Waals surface area contributed by atoms with Crippen LogP contribution in [0.5, 0.6) is 0 Å². The number of aliphatic imine (C=N–C) groups is 1. The third-order valence-corrected chi connectivity index (χ3v) is 5.96. The van der Waals surface area contributed by atoms with Gasteiger partial charge in [-0.3, -0.25) is 9.79 Å². The van der Waals surface area contributed by atoms with Crippen molar-refractivity contribution in [2.45, 2.75) is 44.5 Å². The standard InChI is InChI=1S/C19H20N2O2S/c1-11-16-14(8-9-15-17(16)21-12(2)24-15)23-18(11)19(22)20-10-13-6-4-3-5-7-13/h3-7,15,17H,8-10H2,1-2H3,(H,20,22)/t15-,17+/m0/s1. The predicted octanol–water partition coefficient (Wildman–Crippen LogP) is 4.04. The summed E-state index contributed by atoms with van der Waals surface area (Å²) in [5, 5.41) is 4.59. The van der Waals surface area contributed by atoms with Gasteiger partial charge in [0, 0.05) is 29.3 Å². The van der Waals surface area contributed by atoms with E-state index >= 15 is 0 Å². The molecule has 1 aliphatic carbocycles. The summed E-state index contributed by atoms with van der Waals surface area (Å²) in [6.45, 7) is 4.55. The van der Waals surface area contributed by atoms with Crippen molar-refractivity contribution in [2.24, 2.45) is 4.99 Å². The number of nitrogens with one attached hydrogen (secondary N) is 1. The number of hydrogen-bond donors (Lipinski definition) is 1. The first kappa shape index (κ1) is 15.5. The van der Waals surface area contributed by atoms with Crippen molar-refractivity contribution in [2.75, 3.05) is 0 Å². The van der Waals surface area contributed by atoms with Gasteiger partial charge in [-0.05, 0) is 25.8 Å². The minimum Gasteiger partial charge on any atom is -0.455 e. The Labute approximate surface area is 145 Å². The molecule has 1 amide bonds. The van der Waals surface area contributed by atoms with Crippen LogP contribution in [0.25, 0.3) is 0 Å². The molecule has 2 aromatic rings. The summed E-state index contributed by atoms with van der Waals surface area (Å²) in [6.07, 6.45) is 1.94. The van der Waals surface area contributed by atoms with Gasteiger partial charge in [0.1, 0.15) is 5.76 Å². The third kappa shape index (κ3) is 2.67. The van der Waals surface area contributed by atoms with Crippen LogP contribution < -0.4 is 5.32 Å². The van der Waals surface area contributed by atoms with Gasteiger partial charge in [-0.2, -0.15) is 0 Å². The van der Waals surface area contributed by atoms with E-state index in [4.69, 9.17) is 9.41 Å². The van der Waals surface area contributed by atoms with Gasteiger partial charge >= 0.3 is 0 Å². The highest BCUT2D eigenvalue weighted by molar-refractivity contribution is 8.14. The number of thioether (sulfide) groups is 1. The Kier molecular flexibility index (Phi) is 3.96. The van der Waals surface area contributed by atoms with Gasteiger partial charge in [0.25, 0.3) is 5.91 Å². The van der Waals surface area contributed by atoms with E-state index in [1.165, 1.54) is 0 Å². The number of hydrogen-bond acceptors (Lipinski definition) is 4.